The predicted octanol–water partition coefficient (Wildman–Crippen LogP) is 2.50. The number of piperidine rings is 1. The Kier molecular flexibility index (Phi) is 5.46. The fraction of sp³-hybridized carbons (Fsp3) is 0.316. The van der Waals surface area contributed by atoms with Crippen LogP contribution in [0.15, 0.2) is 42.6 Å². The van der Waals surface area contributed by atoms with Gasteiger partial charge in [-0.2, -0.15) is 0 Å². The van der Waals surface area contributed by atoms with E-state index in [0.29, 0.717) is 31.1 Å². The molecule has 136 valence electrons. The zero-order valence-electron chi connectivity index (χ0n) is 14.4. The van der Waals surface area contributed by atoms with Gasteiger partial charge in [0.2, 0.25) is 17.7 Å². The van der Waals surface area contributed by atoms with Gasteiger partial charge in [0.05, 0.1) is 0 Å². The molecule has 1 aromatic carbocycles. The van der Waals surface area contributed by atoms with Gasteiger partial charge in [-0.25, -0.2) is 9.37 Å². The van der Waals surface area contributed by atoms with E-state index < -0.39 is 0 Å². The van der Waals surface area contributed by atoms with Crippen LogP contribution in [0.5, 0.6) is 11.6 Å². The normalized spacial score (nSPS) is 17.1. The predicted molar refractivity (Wildman–Crippen MR) is 92.9 cm³/mol. The summed E-state index contributed by atoms with van der Waals surface area (Å²) >= 11 is 0. The fourth-order valence-corrected chi connectivity index (χ4v) is 2.73. The fourth-order valence-electron chi connectivity index (χ4n) is 2.73. The number of nitrogens with zero attached hydrogens (tertiary/aromatic N) is 2. The Morgan fingerprint density at radius 1 is 1.38 bits per heavy atom. The van der Waals surface area contributed by atoms with Crippen molar-refractivity contribution in [2.45, 2.75) is 19.4 Å². The first-order chi connectivity index (χ1) is 12.5. The van der Waals surface area contributed by atoms with Crippen LogP contribution in [0.4, 0.5) is 4.39 Å². The maximum atomic E-state index is 13.1. The van der Waals surface area contributed by atoms with Crippen LogP contribution in [-0.4, -0.2) is 35.3 Å². The molecule has 1 aliphatic heterocycles. The number of pyridine rings is 1. The summed E-state index contributed by atoms with van der Waals surface area (Å²) in [5, 5.41) is 2.84. The first-order valence-corrected chi connectivity index (χ1v) is 8.41. The van der Waals surface area contributed by atoms with E-state index in [-0.39, 0.29) is 30.0 Å². The number of nitrogens with one attached hydrogen (secondary N) is 1. The number of rotatable bonds is 5. The SMILES string of the molecule is CN1CCC(C(=O)NCc2ccc(Oc3cccc(F)c3)nc2)CC1=O. The highest BCUT2D eigenvalue weighted by atomic mass is 19.1. The number of carbonyl (C=O) groups is 2. The molecule has 6 nitrogen and oxygen atoms in total. The van der Waals surface area contributed by atoms with Gasteiger partial charge in [0.15, 0.2) is 0 Å². The van der Waals surface area contributed by atoms with Gasteiger partial charge >= 0.3 is 0 Å². The van der Waals surface area contributed by atoms with Crippen LogP contribution in [0.2, 0.25) is 0 Å². The quantitative estimate of drug-likeness (QED) is 0.892. The van der Waals surface area contributed by atoms with Gasteiger partial charge in [0.1, 0.15) is 11.6 Å². The van der Waals surface area contributed by atoms with E-state index in [9.17, 15) is 14.0 Å². The third kappa shape index (κ3) is 4.56. The average Bonchev–Trinajstić information content (AvgIpc) is 2.63. The molecular weight excluding hydrogens is 337 g/mol. The van der Waals surface area contributed by atoms with Crippen molar-refractivity contribution >= 4 is 11.8 Å². The van der Waals surface area contributed by atoms with E-state index in [4.69, 9.17) is 4.74 Å². The van der Waals surface area contributed by atoms with E-state index in [2.05, 4.69) is 10.3 Å². The minimum Gasteiger partial charge on any atom is -0.439 e. The molecule has 7 heteroatoms. The summed E-state index contributed by atoms with van der Waals surface area (Å²) in [5.74, 6) is -0.0722. The Labute approximate surface area is 151 Å². The molecule has 1 atom stereocenters. The highest BCUT2D eigenvalue weighted by molar-refractivity contribution is 5.86. The summed E-state index contributed by atoms with van der Waals surface area (Å²) in [6, 6.07) is 9.25. The van der Waals surface area contributed by atoms with E-state index >= 15 is 0 Å². The number of carbonyl (C=O) groups excluding carboxylic acids is 2. The number of aromatic nitrogens is 1. The van der Waals surface area contributed by atoms with Crippen LogP contribution in [0.1, 0.15) is 18.4 Å². The van der Waals surface area contributed by atoms with Gasteiger partial charge in [-0.15, -0.1) is 0 Å². The zero-order valence-corrected chi connectivity index (χ0v) is 14.4. The van der Waals surface area contributed by atoms with Crippen LogP contribution >= 0.6 is 0 Å². The highest BCUT2D eigenvalue weighted by Crippen LogP contribution is 2.20. The maximum Gasteiger partial charge on any atom is 0.223 e. The molecule has 1 aromatic heterocycles. The summed E-state index contributed by atoms with van der Waals surface area (Å²) < 4.78 is 18.6. The number of amides is 2. The first kappa shape index (κ1) is 17.8. The van der Waals surface area contributed by atoms with Crippen molar-refractivity contribution in [2.75, 3.05) is 13.6 Å². The van der Waals surface area contributed by atoms with Crippen molar-refractivity contribution < 1.29 is 18.7 Å². The molecule has 1 fully saturated rings. The Morgan fingerprint density at radius 2 is 2.23 bits per heavy atom. The Bertz CT molecular complexity index is 795. The molecule has 3 rings (SSSR count). The van der Waals surface area contributed by atoms with Crippen LogP contribution in [0.3, 0.4) is 0 Å². The van der Waals surface area contributed by atoms with E-state index in [1.165, 1.54) is 12.1 Å². The molecule has 0 aliphatic carbocycles. The average molecular weight is 357 g/mol. The number of likely N-dealkylation sites (tertiary alicyclic amines) is 1. The summed E-state index contributed by atoms with van der Waals surface area (Å²) in [6.07, 6.45) is 2.52. The van der Waals surface area contributed by atoms with Crippen molar-refractivity contribution in [3.63, 3.8) is 0 Å². The number of hydrogen-bond donors (Lipinski definition) is 1. The summed E-state index contributed by atoms with van der Waals surface area (Å²) in [6.45, 7) is 0.928. The molecule has 0 radical (unpaired) electrons. The van der Waals surface area contributed by atoms with Crippen LogP contribution in [0, 0.1) is 11.7 Å². The molecule has 2 heterocycles. The topological polar surface area (TPSA) is 71.5 Å². The maximum absolute atomic E-state index is 13.1. The lowest BCUT2D eigenvalue weighted by molar-refractivity contribution is -0.139. The molecule has 0 saturated carbocycles. The lowest BCUT2D eigenvalue weighted by Crippen LogP contribution is -2.41. The minimum atomic E-state index is -0.380. The van der Waals surface area contributed by atoms with Gasteiger partial charge in [-0.1, -0.05) is 12.1 Å². The van der Waals surface area contributed by atoms with Crippen LogP contribution in [0.25, 0.3) is 0 Å². The second-order valence-corrected chi connectivity index (χ2v) is 6.29. The third-order valence-electron chi connectivity index (χ3n) is 4.31. The van der Waals surface area contributed by atoms with Crippen LogP contribution < -0.4 is 10.1 Å². The largest absolute Gasteiger partial charge is 0.439 e. The number of ether oxygens (including phenoxy) is 1. The van der Waals surface area contributed by atoms with Gasteiger partial charge in [0.25, 0.3) is 0 Å². The molecule has 0 bridgehead atoms. The second-order valence-electron chi connectivity index (χ2n) is 6.29. The van der Waals surface area contributed by atoms with Gasteiger partial charge < -0.3 is 15.0 Å². The minimum absolute atomic E-state index is 0.00285. The lowest BCUT2D eigenvalue weighted by atomic mass is 9.95. The number of halogens is 1. The van der Waals surface area contributed by atoms with Crippen molar-refractivity contribution in [3.8, 4) is 11.6 Å². The third-order valence-corrected chi connectivity index (χ3v) is 4.31. The van der Waals surface area contributed by atoms with Gasteiger partial charge in [0, 0.05) is 50.8 Å². The molecule has 1 N–H and O–H groups in total. The summed E-state index contributed by atoms with van der Waals surface area (Å²) in [7, 11) is 1.75. The smallest absolute Gasteiger partial charge is 0.223 e. The molecular formula is C19H20FN3O3. The van der Waals surface area contributed by atoms with E-state index in [0.717, 1.165) is 5.56 Å². The van der Waals surface area contributed by atoms with Crippen LogP contribution in [-0.2, 0) is 16.1 Å². The van der Waals surface area contributed by atoms with Gasteiger partial charge in [-0.05, 0) is 24.1 Å². The summed E-state index contributed by atoms with van der Waals surface area (Å²) in [4.78, 5) is 29.7. The van der Waals surface area contributed by atoms with E-state index in [1.54, 1.807) is 42.4 Å². The molecule has 1 unspecified atom stereocenters. The monoisotopic (exact) mass is 357 g/mol. The molecule has 1 saturated heterocycles. The molecule has 2 amide bonds. The molecule has 0 spiro atoms. The highest BCUT2D eigenvalue weighted by Gasteiger charge is 2.28. The molecule has 26 heavy (non-hydrogen) atoms. The Morgan fingerprint density at radius 3 is 2.92 bits per heavy atom. The first-order valence-electron chi connectivity index (χ1n) is 8.41. The molecule has 2 aromatic rings. The van der Waals surface area contributed by atoms with E-state index in [1.807, 2.05) is 0 Å². The lowest BCUT2D eigenvalue weighted by Gasteiger charge is -2.27. The van der Waals surface area contributed by atoms with Gasteiger partial charge in [-0.3, -0.25) is 9.59 Å². The standard InChI is InChI=1S/C19H20FN3O3/c1-23-8-7-14(9-18(23)24)19(25)22-12-13-5-6-17(21-11-13)26-16-4-2-3-15(20)10-16/h2-6,10-11,14H,7-9,12H2,1H3,(H,22,25). The molecule has 1 aliphatic rings. The van der Waals surface area contributed by atoms with Crippen molar-refractivity contribution in [2.24, 2.45) is 5.92 Å². The number of hydrogen-bond acceptors (Lipinski definition) is 4. The van der Waals surface area contributed by atoms with Crippen molar-refractivity contribution in [3.05, 3.63) is 54.0 Å². The Hall–Kier alpha value is -2.96. The Balaban J connectivity index is 1.51. The van der Waals surface area contributed by atoms with Crippen molar-refractivity contribution in [1.29, 1.82) is 0 Å². The summed E-state index contributed by atoms with van der Waals surface area (Å²) in [5.41, 5.74) is 0.809. The second kappa shape index (κ2) is 7.95. The van der Waals surface area contributed by atoms with Crippen molar-refractivity contribution in [1.82, 2.24) is 15.2 Å². The number of benzene rings is 1. The zero-order chi connectivity index (χ0) is 18.5.